The van der Waals surface area contributed by atoms with Crippen molar-refractivity contribution in [1.29, 1.82) is 0 Å². The number of rotatable bonds is 4. The first-order chi connectivity index (χ1) is 7.25. The first-order valence-electron chi connectivity index (χ1n) is 4.61. The van der Waals surface area contributed by atoms with Crippen molar-refractivity contribution in [3.8, 4) is 0 Å². The molecule has 0 aliphatic heterocycles. The van der Waals surface area contributed by atoms with Gasteiger partial charge in [0.25, 0.3) is 0 Å². The van der Waals surface area contributed by atoms with E-state index in [1.807, 2.05) is 35.0 Å². The van der Waals surface area contributed by atoms with E-state index in [1.54, 1.807) is 0 Å². The second kappa shape index (κ2) is 4.10. The van der Waals surface area contributed by atoms with Gasteiger partial charge in [0, 0.05) is 18.9 Å². The van der Waals surface area contributed by atoms with Gasteiger partial charge in [-0.25, -0.2) is 4.98 Å². The number of nitrogens with zero attached hydrogens (tertiary/aromatic N) is 2. The average molecular weight is 205 g/mol. The van der Waals surface area contributed by atoms with Crippen LogP contribution >= 0.6 is 0 Å². The molecular formula is C10H11N3O2. The Morgan fingerprint density at radius 2 is 2.40 bits per heavy atom. The van der Waals surface area contributed by atoms with Crippen LogP contribution in [0.3, 0.4) is 0 Å². The smallest absolute Gasteiger partial charge is 0.317 e. The van der Waals surface area contributed by atoms with E-state index >= 15 is 0 Å². The molecular weight excluding hydrogens is 194 g/mol. The molecule has 0 radical (unpaired) electrons. The van der Waals surface area contributed by atoms with Crippen molar-refractivity contribution >= 4 is 11.6 Å². The number of hydrogen-bond donors (Lipinski definition) is 2. The van der Waals surface area contributed by atoms with Crippen LogP contribution in [-0.4, -0.2) is 27.0 Å². The molecule has 2 N–H and O–H groups in total. The monoisotopic (exact) mass is 205 g/mol. The number of carboxylic acids is 1. The summed E-state index contributed by atoms with van der Waals surface area (Å²) in [5.74, 6) is -0.862. The van der Waals surface area contributed by atoms with Gasteiger partial charge < -0.3 is 14.8 Å². The van der Waals surface area contributed by atoms with Crippen LogP contribution in [0.15, 0.2) is 30.6 Å². The summed E-state index contributed by atoms with van der Waals surface area (Å²) in [5.41, 5.74) is 1.70. The molecule has 5 heteroatoms. The molecule has 0 amide bonds. The molecule has 2 aromatic rings. The average Bonchev–Trinajstić information content (AvgIpc) is 2.59. The minimum absolute atomic E-state index is 0.0477. The van der Waals surface area contributed by atoms with Crippen molar-refractivity contribution in [2.24, 2.45) is 0 Å². The summed E-state index contributed by atoms with van der Waals surface area (Å²) in [6.45, 7) is 0.419. The first kappa shape index (κ1) is 9.67. The van der Waals surface area contributed by atoms with Gasteiger partial charge in [-0.2, -0.15) is 0 Å². The van der Waals surface area contributed by atoms with Gasteiger partial charge >= 0.3 is 5.97 Å². The number of pyridine rings is 1. The number of aliphatic carboxylic acids is 1. The van der Waals surface area contributed by atoms with Crippen molar-refractivity contribution in [3.05, 3.63) is 36.3 Å². The van der Waals surface area contributed by atoms with Gasteiger partial charge in [-0.05, 0) is 12.1 Å². The van der Waals surface area contributed by atoms with Crippen LogP contribution in [0.5, 0.6) is 0 Å². The van der Waals surface area contributed by atoms with Crippen LogP contribution < -0.4 is 5.32 Å². The summed E-state index contributed by atoms with van der Waals surface area (Å²) in [4.78, 5) is 14.6. The highest BCUT2D eigenvalue weighted by Crippen LogP contribution is 2.03. The lowest BCUT2D eigenvalue weighted by atomic mass is 10.4. The summed E-state index contributed by atoms with van der Waals surface area (Å²) in [6, 6.07) is 5.74. The summed E-state index contributed by atoms with van der Waals surface area (Å²) >= 11 is 0. The number of nitrogens with one attached hydrogen (secondary N) is 1. The third kappa shape index (κ3) is 2.32. The Hall–Kier alpha value is -1.88. The molecule has 2 heterocycles. The van der Waals surface area contributed by atoms with E-state index in [2.05, 4.69) is 10.3 Å². The fraction of sp³-hybridized carbons (Fsp3) is 0.200. The number of aromatic nitrogens is 2. The zero-order chi connectivity index (χ0) is 10.7. The zero-order valence-electron chi connectivity index (χ0n) is 8.05. The van der Waals surface area contributed by atoms with Crippen LogP contribution in [-0.2, 0) is 11.3 Å². The van der Waals surface area contributed by atoms with Gasteiger partial charge in [-0.3, -0.25) is 4.79 Å². The van der Waals surface area contributed by atoms with E-state index in [9.17, 15) is 4.79 Å². The largest absolute Gasteiger partial charge is 0.480 e. The lowest BCUT2D eigenvalue weighted by Gasteiger charge is -1.95. The highest BCUT2D eigenvalue weighted by atomic mass is 16.4. The lowest BCUT2D eigenvalue weighted by molar-refractivity contribution is -0.135. The third-order valence-electron chi connectivity index (χ3n) is 2.00. The molecule has 0 saturated heterocycles. The molecule has 0 bridgehead atoms. The van der Waals surface area contributed by atoms with E-state index in [0.29, 0.717) is 6.54 Å². The van der Waals surface area contributed by atoms with Gasteiger partial charge in [-0.15, -0.1) is 0 Å². The van der Waals surface area contributed by atoms with Gasteiger partial charge in [0.05, 0.1) is 12.2 Å². The van der Waals surface area contributed by atoms with Crippen molar-refractivity contribution in [2.45, 2.75) is 6.54 Å². The third-order valence-corrected chi connectivity index (χ3v) is 2.00. The Balaban J connectivity index is 2.05. The summed E-state index contributed by atoms with van der Waals surface area (Å²) in [7, 11) is 0. The highest BCUT2D eigenvalue weighted by molar-refractivity contribution is 5.68. The predicted octanol–water partition coefficient (Wildman–Crippen LogP) is 0.508. The minimum Gasteiger partial charge on any atom is -0.480 e. The SMILES string of the molecule is O=C(O)CNCc1cn2ccccc2n1. The molecule has 2 aromatic heterocycles. The lowest BCUT2D eigenvalue weighted by Crippen LogP contribution is -2.21. The van der Waals surface area contributed by atoms with E-state index in [-0.39, 0.29) is 6.54 Å². The van der Waals surface area contributed by atoms with Gasteiger partial charge in [-0.1, -0.05) is 6.07 Å². The topological polar surface area (TPSA) is 66.6 Å². The zero-order valence-corrected chi connectivity index (χ0v) is 8.05. The van der Waals surface area contributed by atoms with E-state index in [4.69, 9.17) is 5.11 Å². The Bertz CT molecular complexity index is 445. The van der Waals surface area contributed by atoms with E-state index in [0.717, 1.165) is 11.3 Å². The molecule has 2 rings (SSSR count). The molecule has 0 aliphatic rings. The predicted molar refractivity (Wildman–Crippen MR) is 54.5 cm³/mol. The maximum absolute atomic E-state index is 10.3. The van der Waals surface area contributed by atoms with Gasteiger partial charge in [0.1, 0.15) is 5.65 Å². The first-order valence-corrected chi connectivity index (χ1v) is 4.61. The van der Waals surface area contributed by atoms with Crippen molar-refractivity contribution in [2.75, 3.05) is 6.54 Å². The second-order valence-electron chi connectivity index (χ2n) is 3.20. The number of fused-ring (bicyclic) bond motifs is 1. The number of hydrogen-bond acceptors (Lipinski definition) is 3. The summed E-state index contributed by atoms with van der Waals surface area (Å²) in [5, 5.41) is 11.2. The van der Waals surface area contributed by atoms with Gasteiger partial charge in [0.2, 0.25) is 0 Å². The van der Waals surface area contributed by atoms with Crippen LogP contribution in [0.25, 0.3) is 5.65 Å². The Labute approximate surface area is 86.4 Å². The molecule has 0 aliphatic carbocycles. The maximum Gasteiger partial charge on any atom is 0.317 e. The Morgan fingerprint density at radius 3 is 3.13 bits per heavy atom. The van der Waals surface area contributed by atoms with Crippen LogP contribution in [0.1, 0.15) is 5.69 Å². The molecule has 78 valence electrons. The Morgan fingerprint density at radius 1 is 1.53 bits per heavy atom. The van der Waals surface area contributed by atoms with Crippen molar-refractivity contribution < 1.29 is 9.90 Å². The molecule has 15 heavy (non-hydrogen) atoms. The summed E-state index contributed by atoms with van der Waals surface area (Å²) in [6.07, 6.45) is 3.78. The fourth-order valence-corrected chi connectivity index (χ4v) is 1.37. The standard InChI is InChI=1S/C10H11N3O2/c14-10(15)6-11-5-8-7-13-4-2-1-3-9(13)12-8/h1-4,7,11H,5-6H2,(H,14,15). The second-order valence-corrected chi connectivity index (χ2v) is 3.20. The van der Waals surface area contributed by atoms with Crippen LogP contribution in [0, 0.1) is 0 Å². The van der Waals surface area contributed by atoms with Crippen molar-refractivity contribution in [3.63, 3.8) is 0 Å². The normalized spacial score (nSPS) is 10.7. The fourth-order valence-electron chi connectivity index (χ4n) is 1.37. The Kier molecular flexibility index (Phi) is 2.64. The van der Waals surface area contributed by atoms with E-state index < -0.39 is 5.97 Å². The molecule has 0 saturated carbocycles. The number of imidazole rings is 1. The maximum atomic E-state index is 10.3. The number of carboxylic acid groups (broad SMARTS) is 1. The van der Waals surface area contributed by atoms with Gasteiger partial charge in [0.15, 0.2) is 0 Å². The molecule has 0 atom stereocenters. The highest BCUT2D eigenvalue weighted by Gasteiger charge is 2.01. The molecule has 5 nitrogen and oxygen atoms in total. The van der Waals surface area contributed by atoms with Crippen molar-refractivity contribution in [1.82, 2.24) is 14.7 Å². The molecule has 0 fully saturated rings. The molecule has 0 aromatic carbocycles. The molecule has 0 unspecified atom stereocenters. The van der Waals surface area contributed by atoms with Crippen LogP contribution in [0.2, 0.25) is 0 Å². The quantitative estimate of drug-likeness (QED) is 0.763. The van der Waals surface area contributed by atoms with Crippen LogP contribution in [0.4, 0.5) is 0 Å². The van der Waals surface area contributed by atoms with E-state index in [1.165, 1.54) is 0 Å². The number of carbonyl (C=O) groups is 1. The minimum atomic E-state index is -0.862. The molecule has 0 spiro atoms. The summed E-state index contributed by atoms with van der Waals surface area (Å²) < 4.78 is 1.90.